The van der Waals surface area contributed by atoms with E-state index in [0.717, 1.165) is 6.07 Å². The summed E-state index contributed by atoms with van der Waals surface area (Å²) in [5.74, 6) is -2.21. The van der Waals surface area contributed by atoms with Gasteiger partial charge in [0, 0.05) is 11.8 Å². The Hall–Kier alpha value is -3.55. The number of anilines is 2. The fourth-order valence-corrected chi connectivity index (χ4v) is 2.51. The number of rotatable bonds is 4. The topological polar surface area (TPSA) is 116 Å². The van der Waals surface area contributed by atoms with E-state index in [0.29, 0.717) is 11.4 Å². The fourth-order valence-electron chi connectivity index (χ4n) is 2.51. The van der Waals surface area contributed by atoms with Gasteiger partial charge >= 0.3 is 11.9 Å². The Bertz CT molecular complexity index is 864. The number of esters is 1. The number of benzene rings is 2. The zero-order chi connectivity index (χ0) is 18.0. The number of nitrogens with one attached hydrogen (secondary N) is 1. The lowest BCUT2D eigenvalue weighted by Gasteiger charge is -2.29. The highest BCUT2D eigenvalue weighted by atomic mass is 16.5. The van der Waals surface area contributed by atoms with Crippen LogP contribution in [0.2, 0.25) is 0 Å². The highest BCUT2D eigenvalue weighted by Gasteiger charge is 2.25. The molecule has 0 radical (unpaired) electrons. The van der Waals surface area contributed by atoms with Crippen molar-refractivity contribution in [1.82, 2.24) is 0 Å². The molecule has 25 heavy (non-hydrogen) atoms. The van der Waals surface area contributed by atoms with Gasteiger partial charge in [-0.25, -0.2) is 9.59 Å². The van der Waals surface area contributed by atoms with Crippen LogP contribution in [0.3, 0.4) is 0 Å². The molecule has 8 nitrogen and oxygen atoms in total. The molecule has 0 fully saturated rings. The van der Waals surface area contributed by atoms with Crippen LogP contribution >= 0.6 is 0 Å². The van der Waals surface area contributed by atoms with Gasteiger partial charge < -0.3 is 25.2 Å². The summed E-state index contributed by atoms with van der Waals surface area (Å²) < 4.78 is 5.11. The molecule has 0 saturated carbocycles. The highest BCUT2D eigenvalue weighted by molar-refractivity contribution is 5.97. The van der Waals surface area contributed by atoms with Crippen LogP contribution in [-0.4, -0.2) is 41.1 Å². The normalized spacial score (nSPS) is 13.0. The number of phenols is 1. The molecule has 3 rings (SSSR count). The molecule has 3 N–H and O–H groups in total. The van der Waals surface area contributed by atoms with E-state index in [1.54, 1.807) is 29.2 Å². The standard InChI is InChI=1S/C17H14N2O6/c20-13-7-10(5-6-11(13)17(23)24)18-15(21)8-19-9-16(22)25-14-4-2-1-3-12(14)19/h1-7,20H,8-9H2,(H,18,21)(H,23,24). The summed E-state index contributed by atoms with van der Waals surface area (Å²) in [6.07, 6.45) is 0. The van der Waals surface area contributed by atoms with Crippen LogP contribution in [0.15, 0.2) is 42.5 Å². The van der Waals surface area contributed by atoms with Crippen molar-refractivity contribution in [3.05, 3.63) is 48.0 Å². The van der Waals surface area contributed by atoms with Crippen LogP contribution in [0.4, 0.5) is 11.4 Å². The van der Waals surface area contributed by atoms with Crippen molar-refractivity contribution in [3.63, 3.8) is 0 Å². The maximum Gasteiger partial charge on any atom is 0.339 e. The van der Waals surface area contributed by atoms with Crippen LogP contribution in [0.25, 0.3) is 0 Å². The number of amides is 1. The van der Waals surface area contributed by atoms with Crippen LogP contribution in [0.5, 0.6) is 11.5 Å². The first-order valence-corrected chi connectivity index (χ1v) is 7.35. The first kappa shape index (κ1) is 16.3. The first-order valence-electron chi connectivity index (χ1n) is 7.35. The van der Waals surface area contributed by atoms with E-state index in [1.807, 2.05) is 0 Å². The maximum absolute atomic E-state index is 12.2. The van der Waals surface area contributed by atoms with Gasteiger partial charge in [0.05, 0.1) is 12.2 Å². The summed E-state index contributed by atoms with van der Waals surface area (Å²) in [6.45, 7) is -0.165. The predicted octanol–water partition coefficient (Wildman–Crippen LogP) is 1.45. The molecule has 0 spiro atoms. The number of para-hydroxylation sites is 2. The number of hydrogen-bond acceptors (Lipinski definition) is 6. The van der Waals surface area contributed by atoms with E-state index >= 15 is 0 Å². The highest BCUT2D eigenvalue weighted by Crippen LogP contribution is 2.31. The lowest BCUT2D eigenvalue weighted by Crippen LogP contribution is -2.41. The number of aromatic carboxylic acids is 1. The Balaban J connectivity index is 1.72. The minimum Gasteiger partial charge on any atom is -0.507 e. The molecule has 2 aromatic carbocycles. The van der Waals surface area contributed by atoms with Gasteiger partial charge in [0.15, 0.2) is 5.75 Å². The van der Waals surface area contributed by atoms with Crippen LogP contribution in [0.1, 0.15) is 10.4 Å². The molecule has 0 bridgehead atoms. The van der Waals surface area contributed by atoms with Gasteiger partial charge in [-0.05, 0) is 24.3 Å². The average molecular weight is 342 g/mol. The number of carboxylic acids is 1. The SMILES string of the molecule is O=C(CN1CC(=O)Oc2ccccc21)Nc1ccc(C(=O)O)c(O)c1. The molecule has 1 heterocycles. The van der Waals surface area contributed by atoms with E-state index in [-0.39, 0.29) is 24.3 Å². The number of hydrogen-bond donors (Lipinski definition) is 3. The van der Waals surface area contributed by atoms with E-state index in [1.165, 1.54) is 12.1 Å². The lowest BCUT2D eigenvalue weighted by molar-refractivity contribution is -0.133. The first-order chi connectivity index (χ1) is 11.9. The molecule has 0 atom stereocenters. The lowest BCUT2D eigenvalue weighted by atomic mass is 10.2. The Morgan fingerprint density at radius 1 is 1.20 bits per heavy atom. The number of aromatic hydroxyl groups is 1. The van der Waals surface area contributed by atoms with Crippen molar-refractivity contribution < 1.29 is 29.3 Å². The number of ether oxygens (including phenoxy) is 1. The Morgan fingerprint density at radius 2 is 1.96 bits per heavy atom. The van der Waals surface area contributed by atoms with Gasteiger partial charge in [0.25, 0.3) is 0 Å². The number of nitrogens with zero attached hydrogens (tertiary/aromatic N) is 1. The summed E-state index contributed by atoms with van der Waals surface area (Å²) in [6, 6.07) is 10.6. The van der Waals surface area contributed by atoms with Crippen LogP contribution < -0.4 is 15.0 Å². The molecular formula is C17H14N2O6. The number of carbonyl (C=O) groups is 3. The zero-order valence-electron chi connectivity index (χ0n) is 12.9. The quantitative estimate of drug-likeness (QED) is 0.569. The summed E-state index contributed by atoms with van der Waals surface area (Å²) in [5, 5.41) is 21.1. The minimum absolute atomic E-state index is 0.0619. The molecular weight excluding hydrogens is 328 g/mol. The monoisotopic (exact) mass is 342 g/mol. The van der Waals surface area contributed by atoms with Gasteiger partial charge in [-0.1, -0.05) is 12.1 Å². The van der Waals surface area contributed by atoms with E-state index in [2.05, 4.69) is 5.32 Å². The molecule has 8 heteroatoms. The molecule has 2 aromatic rings. The Labute approximate surface area is 142 Å². The van der Waals surface area contributed by atoms with Crippen LogP contribution in [-0.2, 0) is 9.59 Å². The van der Waals surface area contributed by atoms with E-state index in [4.69, 9.17) is 9.84 Å². The van der Waals surface area contributed by atoms with E-state index in [9.17, 15) is 19.5 Å². The van der Waals surface area contributed by atoms with Crippen molar-refractivity contribution in [2.45, 2.75) is 0 Å². The fraction of sp³-hybridized carbons (Fsp3) is 0.118. The molecule has 0 saturated heterocycles. The second kappa shape index (κ2) is 6.52. The van der Waals surface area contributed by atoms with Crippen molar-refractivity contribution in [2.75, 3.05) is 23.3 Å². The number of fused-ring (bicyclic) bond motifs is 1. The molecule has 1 aliphatic rings. The van der Waals surface area contributed by atoms with Gasteiger partial charge in [-0.3, -0.25) is 4.79 Å². The summed E-state index contributed by atoms with van der Waals surface area (Å²) >= 11 is 0. The van der Waals surface area contributed by atoms with Crippen molar-refractivity contribution in [2.24, 2.45) is 0 Å². The summed E-state index contributed by atoms with van der Waals surface area (Å²) in [7, 11) is 0. The smallest absolute Gasteiger partial charge is 0.339 e. The Morgan fingerprint density at radius 3 is 2.68 bits per heavy atom. The molecule has 0 aliphatic carbocycles. The molecule has 1 amide bonds. The molecule has 1 aliphatic heterocycles. The molecule has 128 valence electrons. The van der Waals surface area contributed by atoms with Crippen molar-refractivity contribution >= 4 is 29.2 Å². The van der Waals surface area contributed by atoms with Crippen molar-refractivity contribution in [1.29, 1.82) is 0 Å². The summed E-state index contributed by atoms with van der Waals surface area (Å²) in [5.41, 5.74) is 0.618. The second-order valence-electron chi connectivity index (χ2n) is 5.38. The second-order valence-corrected chi connectivity index (χ2v) is 5.38. The van der Waals surface area contributed by atoms with E-state index < -0.39 is 23.6 Å². The molecule has 0 unspecified atom stereocenters. The van der Waals surface area contributed by atoms with Gasteiger partial charge in [0.1, 0.15) is 17.9 Å². The zero-order valence-corrected chi connectivity index (χ0v) is 12.9. The third-order valence-corrected chi connectivity index (χ3v) is 3.60. The van der Waals surface area contributed by atoms with Crippen molar-refractivity contribution in [3.8, 4) is 11.5 Å². The number of carbonyl (C=O) groups excluding carboxylic acids is 2. The minimum atomic E-state index is -1.26. The van der Waals surface area contributed by atoms with Crippen LogP contribution in [0, 0.1) is 0 Å². The molecule has 0 aromatic heterocycles. The average Bonchev–Trinajstić information content (AvgIpc) is 2.54. The van der Waals surface area contributed by atoms with Gasteiger partial charge in [-0.2, -0.15) is 0 Å². The third kappa shape index (κ3) is 3.52. The largest absolute Gasteiger partial charge is 0.507 e. The van der Waals surface area contributed by atoms with Gasteiger partial charge in [-0.15, -0.1) is 0 Å². The third-order valence-electron chi connectivity index (χ3n) is 3.60. The Kier molecular flexibility index (Phi) is 4.25. The number of carboxylic acid groups (broad SMARTS) is 1. The maximum atomic E-state index is 12.2. The summed E-state index contributed by atoms with van der Waals surface area (Å²) in [4.78, 5) is 36.3. The predicted molar refractivity (Wildman–Crippen MR) is 88.0 cm³/mol. The van der Waals surface area contributed by atoms with Gasteiger partial charge in [0.2, 0.25) is 5.91 Å².